The van der Waals surface area contributed by atoms with E-state index >= 15 is 0 Å². The second-order valence-electron chi connectivity index (χ2n) is 5.37. The molecule has 0 unspecified atom stereocenters. The summed E-state index contributed by atoms with van der Waals surface area (Å²) in [5.74, 6) is -1.27. The van der Waals surface area contributed by atoms with Crippen LogP contribution in [0.15, 0.2) is 47.5 Å². The second-order valence-corrected chi connectivity index (χ2v) is 6.16. The van der Waals surface area contributed by atoms with E-state index in [2.05, 4.69) is 0 Å². The van der Waals surface area contributed by atoms with Gasteiger partial charge in [0, 0.05) is 17.2 Å². The first-order valence-electron chi connectivity index (χ1n) is 7.11. The maximum Gasteiger partial charge on any atom is 0.277 e. The van der Waals surface area contributed by atoms with E-state index in [4.69, 9.17) is 23.2 Å². The van der Waals surface area contributed by atoms with Crippen molar-refractivity contribution in [2.45, 2.75) is 6.92 Å². The molecule has 25 heavy (non-hydrogen) atoms. The Morgan fingerprint density at radius 1 is 1.00 bits per heavy atom. The van der Waals surface area contributed by atoms with Crippen molar-refractivity contribution in [2.24, 2.45) is 0 Å². The lowest BCUT2D eigenvalue weighted by atomic mass is 10.1. The third-order valence-electron chi connectivity index (χ3n) is 3.81. The van der Waals surface area contributed by atoms with E-state index in [0.717, 1.165) is 10.5 Å². The van der Waals surface area contributed by atoms with Crippen molar-refractivity contribution in [1.82, 2.24) is 0 Å². The van der Waals surface area contributed by atoms with Crippen molar-refractivity contribution in [2.75, 3.05) is 4.90 Å². The number of halogens is 2. The van der Waals surface area contributed by atoms with Crippen LogP contribution >= 0.6 is 23.2 Å². The Balaban J connectivity index is 2.01. The Morgan fingerprint density at radius 3 is 2.20 bits per heavy atom. The number of imide groups is 1. The van der Waals surface area contributed by atoms with Gasteiger partial charge in [0.25, 0.3) is 17.5 Å². The maximum absolute atomic E-state index is 12.7. The molecule has 0 aromatic heterocycles. The van der Waals surface area contributed by atoms with Gasteiger partial charge in [-0.25, -0.2) is 4.90 Å². The molecule has 2 aromatic rings. The zero-order chi connectivity index (χ0) is 18.3. The molecule has 8 heteroatoms. The van der Waals surface area contributed by atoms with E-state index in [1.54, 1.807) is 19.1 Å². The number of carbonyl (C=O) groups excluding carboxylic acids is 2. The van der Waals surface area contributed by atoms with Crippen LogP contribution in [0.1, 0.15) is 11.1 Å². The molecular formula is C17H10Cl2N2O4. The van der Waals surface area contributed by atoms with Crippen LogP contribution in [-0.2, 0) is 9.59 Å². The zero-order valence-corrected chi connectivity index (χ0v) is 14.3. The molecule has 0 saturated heterocycles. The van der Waals surface area contributed by atoms with Crippen LogP contribution < -0.4 is 4.90 Å². The first-order valence-corrected chi connectivity index (χ1v) is 7.86. The van der Waals surface area contributed by atoms with Crippen LogP contribution in [0.2, 0.25) is 5.02 Å². The minimum absolute atomic E-state index is 0.00161. The lowest BCUT2D eigenvalue weighted by Crippen LogP contribution is -2.31. The second kappa shape index (κ2) is 6.31. The Hall–Kier alpha value is -2.70. The van der Waals surface area contributed by atoms with Gasteiger partial charge in [0.15, 0.2) is 0 Å². The van der Waals surface area contributed by atoms with Crippen molar-refractivity contribution < 1.29 is 14.5 Å². The summed E-state index contributed by atoms with van der Waals surface area (Å²) in [6.07, 6.45) is 0. The van der Waals surface area contributed by atoms with Gasteiger partial charge in [-0.05, 0) is 42.3 Å². The zero-order valence-electron chi connectivity index (χ0n) is 12.8. The summed E-state index contributed by atoms with van der Waals surface area (Å²) >= 11 is 12.1. The molecule has 0 bridgehead atoms. The summed E-state index contributed by atoms with van der Waals surface area (Å²) in [5.41, 5.74) is 1.31. The number of anilines is 1. The third-order valence-corrected chi connectivity index (χ3v) is 4.57. The van der Waals surface area contributed by atoms with Crippen LogP contribution in [-0.4, -0.2) is 16.7 Å². The molecular weight excluding hydrogens is 367 g/mol. The van der Waals surface area contributed by atoms with E-state index in [9.17, 15) is 19.7 Å². The number of non-ortho nitro benzene ring substituents is 1. The first-order chi connectivity index (χ1) is 11.8. The maximum atomic E-state index is 12.7. The number of carbonyl (C=O) groups is 2. The average Bonchev–Trinajstić information content (AvgIpc) is 2.80. The van der Waals surface area contributed by atoms with Crippen LogP contribution in [0.3, 0.4) is 0 Å². The number of nitro groups is 1. The molecule has 126 valence electrons. The summed E-state index contributed by atoms with van der Waals surface area (Å²) in [6.45, 7) is 1.80. The number of hydrogen-bond acceptors (Lipinski definition) is 4. The molecule has 6 nitrogen and oxygen atoms in total. The van der Waals surface area contributed by atoms with E-state index in [1.165, 1.54) is 30.3 Å². The summed E-state index contributed by atoms with van der Waals surface area (Å²) in [4.78, 5) is 36.3. The molecule has 0 saturated carbocycles. The molecule has 0 N–H and O–H groups in total. The van der Waals surface area contributed by atoms with Crippen molar-refractivity contribution >= 4 is 52.0 Å². The number of benzene rings is 2. The number of hydrogen-bond donors (Lipinski definition) is 0. The minimum atomic E-state index is -0.667. The number of rotatable bonds is 3. The molecule has 1 aliphatic heterocycles. The van der Waals surface area contributed by atoms with Gasteiger partial charge in [0.1, 0.15) is 5.03 Å². The van der Waals surface area contributed by atoms with Gasteiger partial charge in [-0.3, -0.25) is 19.7 Å². The highest BCUT2D eigenvalue weighted by molar-refractivity contribution is 6.60. The van der Waals surface area contributed by atoms with Gasteiger partial charge in [-0.15, -0.1) is 0 Å². The molecule has 0 atom stereocenters. The van der Waals surface area contributed by atoms with Crippen LogP contribution in [0.25, 0.3) is 5.57 Å². The van der Waals surface area contributed by atoms with Crippen molar-refractivity contribution in [3.8, 4) is 0 Å². The van der Waals surface area contributed by atoms with Crippen molar-refractivity contribution in [1.29, 1.82) is 0 Å². The van der Waals surface area contributed by atoms with Gasteiger partial charge in [-0.2, -0.15) is 0 Å². The number of nitro benzene ring substituents is 1. The van der Waals surface area contributed by atoms with Crippen molar-refractivity contribution in [3.05, 3.63) is 73.8 Å². The fourth-order valence-electron chi connectivity index (χ4n) is 2.46. The van der Waals surface area contributed by atoms with Gasteiger partial charge >= 0.3 is 0 Å². The number of amides is 2. The van der Waals surface area contributed by atoms with E-state index in [1.807, 2.05) is 0 Å². The van der Waals surface area contributed by atoms with Gasteiger partial charge < -0.3 is 0 Å². The van der Waals surface area contributed by atoms with Crippen molar-refractivity contribution in [3.63, 3.8) is 0 Å². The standard InChI is InChI=1S/C17H10Cl2N2O4/c1-9-2-5-12(8-13(9)18)20-16(22)14(15(19)17(20)23)10-3-6-11(7-4-10)21(24)25/h2-8H,1H3. The largest absolute Gasteiger partial charge is 0.277 e. The smallest absolute Gasteiger partial charge is 0.268 e. The molecule has 3 rings (SSSR count). The Morgan fingerprint density at radius 2 is 1.64 bits per heavy atom. The monoisotopic (exact) mass is 376 g/mol. The fraction of sp³-hybridized carbons (Fsp3) is 0.0588. The molecule has 0 radical (unpaired) electrons. The molecule has 0 fully saturated rings. The van der Waals surface area contributed by atoms with Crippen LogP contribution in [0, 0.1) is 17.0 Å². The fourth-order valence-corrected chi connectivity index (χ4v) is 2.91. The van der Waals surface area contributed by atoms with E-state index in [0.29, 0.717) is 16.3 Å². The molecule has 1 heterocycles. The van der Waals surface area contributed by atoms with Gasteiger partial charge in [0.05, 0.1) is 16.2 Å². The molecule has 2 aromatic carbocycles. The molecule has 1 aliphatic rings. The predicted octanol–water partition coefficient (Wildman–Crippen LogP) is 4.08. The number of aryl methyl sites for hydroxylation is 1. The Kier molecular flexibility index (Phi) is 4.32. The first kappa shape index (κ1) is 17.1. The lowest BCUT2D eigenvalue weighted by molar-refractivity contribution is -0.384. The molecule has 0 spiro atoms. The Labute approximate surface area is 152 Å². The van der Waals surface area contributed by atoms with Gasteiger partial charge in [-0.1, -0.05) is 29.3 Å². The molecule has 2 amide bonds. The highest BCUT2D eigenvalue weighted by Crippen LogP contribution is 2.36. The van der Waals surface area contributed by atoms with E-state index in [-0.39, 0.29) is 16.3 Å². The van der Waals surface area contributed by atoms with Crippen LogP contribution in [0.4, 0.5) is 11.4 Å². The number of nitrogens with zero attached hydrogens (tertiary/aromatic N) is 2. The Bertz CT molecular complexity index is 952. The summed E-state index contributed by atoms with van der Waals surface area (Å²) in [6, 6.07) is 10.1. The predicted molar refractivity (Wildman–Crippen MR) is 94.6 cm³/mol. The van der Waals surface area contributed by atoms with Gasteiger partial charge in [0.2, 0.25) is 0 Å². The lowest BCUT2D eigenvalue weighted by Gasteiger charge is -2.15. The highest BCUT2D eigenvalue weighted by Gasteiger charge is 2.39. The normalized spacial score (nSPS) is 14.4. The summed E-state index contributed by atoms with van der Waals surface area (Å²) in [5, 5.41) is 10.9. The highest BCUT2D eigenvalue weighted by atomic mass is 35.5. The SMILES string of the molecule is Cc1ccc(N2C(=O)C(Cl)=C(c3ccc([N+](=O)[O-])cc3)C2=O)cc1Cl. The minimum Gasteiger partial charge on any atom is -0.268 e. The summed E-state index contributed by atoms with van der Waals surface area (Å²) < 4.78 is 0. The van der Waals surface area contributed by atoms with Crippen LogP contribution in [0.5, 0.6) is 0 Å². The third kappa shape index (κ3) is 2.90. The molecule has 0 aliphatic carbocycles. The average molecular weight is 377 g/mol. The topological polar surface area (TPSA) is 80.5 Å². The quantitative estimate of drug-likeness (QED) is 0.459. The summed E-state index contributed by atoms with van der Waals surface area (Å²) in [7, 11) is 0. The van der Waals surface area contributed by atoms with E-state index < -0.39 is 16.7 Å².